The van der Waals surface area contributed by atoms with Gasteiger partial charge in [-0.05, 0) is 50.2 Å². The fourth-order valence-electron chi connectivity index (χ4n) is 2.36. The summed E-state index contributed by atoms with van der Waals surface area (Å²) in [5.41, 5.74) is 0.118. The Morgan fingerprint density at radius 2 is 1.00 bits per heavy atom. The van der Waals surface area contributed by atoms with Crippen LogP contribution in [0, 0.1) is 23.3 Å². The summed E-state index contributed by atoms with van der Waals surface area (Å²) in [6, 6.07) is 10.5. The summed E-state index contributed by atoms with van der Waals surface area (Å²) < 4.78 is 55.0. The molecule has 1 aromatic heterocycles. The van der Waals surface area contributed by atoms with Crippen LogP contribution in [0.1, 0.15) is 23.6 Å². The molecule has 10 heteroatoms. The van der Waals surface area contributed by atoms with E-state index in [9.17, 15) is 17.6 Å². The summed E-state index contributed by atoms with van der Waals surface area (Å²) in [7, 11) is 9.53. The molecule has 0 aliphatic rings. The van der Waals surface area contributed by atoms with E-state index >= 15 is 0 Å². The predicted molar refractivity (Wildman–Crippen MR) is 112 cm³/mol. The third kappa shape index (κ3) is 6.40. The van der Waals surface area contributed by atoms with Crippen LogP contribution in [0.4, 0.5) is 28.9 Å². The van der Waals surface area contributed by atoms with Crippen LogP contribution < -0.4 is 0 Å². The molecule has 0 fully saturated rings. The number of aliphatic imine (C=N–C) groups is 2. The van der Waals surface area contributed by atoms with Crippen LogP contribution >= 0.6 is 31.5 Å². The molecule has 0 saturated heterocycles. The van der Waals surface area contributed by atoms with E-state index in [1.165, 1.54) is 23.5 Å². The molecule has 0 saturated carbocycles. The molecule has 3 rings (SSSR count). The van der Waals surface area contributed by atoms with Gasteiger partial charge in [0.15, 0.2) is 23.3 Å². The van der Waals surface area contributed by atoms with Gasteiger partial charge < -0.3 is 0 Å². The van der Waals surface area contributed by atoms with Crippen molar-refractivity contribution in [2.75, 3.05) is 0 Å². The van der Waals surface area contributed by atoms with E-state index in [0.29, 0.717) is 21.2 Å². The minimum atomic E-state index is -0.751. The SMILES string of the molecule is CC(=Nc1c(F)cccc1F)c1ccc(C(C)=Nc2c(F)cccc2F)s1.[Cl][Fe][Cl]. The van der Waals surface area contributed by atoms with Gasteiger partial charge >= 0.3 is 33.3 Å². The first-order chi connectivity index (χ1) is 14.3. The molecule has 0 amide bonds. The van der Waals surface area contributed by atoms with Crippen molar-refractivity contribution < 1.29 is 30.7 Å². The van der Waals surface area contributed by atoms with Crippen molar-refractivity contribution in [3.8, 4) is 0 Å². The van der Waals surface area contributed by atoms with Gasteiger partial charge in [0.2, 0.25) is 0 Å². The Morgan fingerprint density at radius 1 is 0.700 bits per heavy atom. The minimum absolute atomic E-state index is 0.194. The molecule has 0 radical (unpaired) electrons. The monoisotopic (exact) mass is 516 g/mol. The standard InChI is InChI=1S/C20H14F4N2S.2ClH.Fe/c1-11(25-19-13(21)5-3-6-14(19)22)17-9-10-18(27-17)12(2)26-20-15(23)7-4-8-16(20)24;;;/h3-10H,1-2H3;2*1H;/q;;;+2/p-2. The number of hydrogen-bond donors (Lipinski definition) is 0. The Kier molecular flexibility index (Phi) is 9.52. The van der Waals surface area contributed by atoms with E-state index in [-0.39, 0.29) is 24.5 Å². The van der Waals surface area contributed by atoms with Crippen LogP contribution in [0.25, 0.3) is 0 Å². The molecule has 0 bridgehead atoms. The quantitative estimate of drug-likeness (QED) is 0.191. The van der Waals surface area contributed by atoms with E-state index in [1.54, 1.807) is 26.0 Å². The first-order valence-electron chi connectivity index (χ1n) is 8.22. The average molecular weight is 517 g/mol. The summed E-state index contributed by atoms with van der Waals surface area (Å²) in [6.45, 7) is 3.26. The Hall–Kier alpha value is -1.70. The molecule has 2 nitrogen and oxygen atoms in total. The molecule has 0 spiro atoms. The third-order valence-electron chi connectivity index (χ3n) is 3.75. The van der Waals surface area contributed by atoms with Crippen LogP contribution in [0.15, 0.2) is 58.5 Å². The zero-order chi connectivity index (χ0) is 22.3. The van der Waals surface area contributed by atoms with Gasteiger partial charge in [-0.2, -0.15) is 0 Å². The Bertz CT molecular complexity index is 964. The van der Waals surface area contributed by atoms with Gasteiger partial charge in [0.25, 0.3) is 0 Å². The fraction of sp³-hybridized carbons (Fsp3) is 0.100. The van der Waals surface area contributed by atoms with Crippen molar-refractivity contribution in [1.82, 2.24) is 0 Å². The average Bonchev–Trinajstić information content (AvgIpc) is 3.19. The van der Waals surface area contributed by atoms with E-state index in [4.69, 9.17) is 20.2 Å². The van der Waals surface area contributed by atoms with Crippen LogP contribution in [0.3, 0.4) is 0 Å². The van der Waals surface area contributed by atoms with Crippen molar-refractivity contribution in [2.24, 2.45) is 9.98 Å². The van der Waals surface area contributed by atoms with Gasteiger partial charge in [0, 0.05) is 9.75 Å². The molecule has 2 aromatic carbocycles. The van der Waals surface area contributed by atoms with E-state index in [2.05, 4.69) is 9.98 Å². The summed E-state index contributed by atoms with van der Waals surface area (Å²) in [6.07, 6.45) is 0. The molecule has 0 aliphatic heterocycles. The molecule has 3 aromatic rings. The van der Waals surface area contributed by atoms with Gasteiger partial charge in [-0.1, -0.05) is 12.1 Å². The zero-order valence-electron chi connectivity index (χ0n) is 15.5. The third-order valence-corrected chi connectivity index (χ3v) is 5.06. The molecular weight excluding hydrogens is 503 g/mol. The van der Waals surface area contributed by atoms with Gasteiger partial charge in [0.1, 0.15) is 11.4 Å². The van der Waals surface area contributed by atoms with Gasteiger partial charge in [-0.3, -0.25) is 0 Å². The number of nitrogens with zero attached hydrogens (tertiary/aromatic N) is 2. The Balaban J connectivity index is 0.00000101. The van der Waals surface area contributed by atoms with E-state index in [0.717, 1.165) is 24.3 Å². The van der Waals surface area contributed by atoms with Crippen LogP contribution in [-0.4, -0.2) is 11.4 Å². The zero-order valence-corrected chi connectivity index (χ0v) is 19.0. The molecule has 0 unspecified atom stereocenters. The van der Waals surface area contributed by atoms with Crippen LogP contribution in [-0.2, 0) is 13.1 Å². The molecule has 0 aliphatic carbocycles. The molecule has 0 N–H and O–H groups in total. The van der Waals surface area contributed by atoms with Crippen molar-refractivity contribution in [1.29, 1.82) is 0 Å². The Labute approximate surface area is 189 Å². The number of thiophene rings is 1. The second-order valence-corrected chi connectivity index (χ2v) is 8.66. The number of para-hydroxylation sites is 2. The molecule has 0 atom stereocenters. The van der Waals surface area contributed by atoms with E-state index in [1.807, 2.05) is 0 Å². The van der Waals surface area contributed by atoms with Crippen molar-refractivity contribution in [2.45, 2.75) is 13.8 Å². The number of rotatable bonds is 4. The summed E-state index contributed by atoms with van der Waals surface area (Å²) in [5.74, 6) is -3.00. The molecule has 1 heterocycles. The van der Waals surface area contributed by atoms with Gasteiger partial charge in [0.05, 0.1) is 11.4 Å². The summed E-state index contributed by atoms with van der Waals surface area (Å²) >= 11 is 1.45. The normalized spacial score (nSPS) is 12.0. The second kappa shape index (κ2) is 11.6. The predicted octanol–water partition coefficient (Wildman–Crippen LogP) is 7.96. The number of hydrogen-bond acceptors (Lipinski definition) is 3. The van der Waals surface area contributed by atoms with Crippen molar-refractivity contribution in [3.05, 3.63) is 81.6 Å². The molecular formula is C20H14Cl2F4FeN2S. The van der Waals surface area contributed by atoms with Crippen LogP contribution in [0.5, 0.6) is 0 Å². The maximum absolute atomic E-state index is 13.7. The maximum atomic E-state index is 13.7. The van der Waals surface area contributed by atoms with Crippen molar-refractivity contribution >= 4 is 54.3 Å². The van der Waals surface area contributed by atoms with Gasteiger partial charge in [-0.25, -0.2) is 27.5 Å². The van der Waals surface area contributed by atoms with Crippen LogP contribution in [0.2, 0.25) is 0 Å². The molecule has 160 valence electrons. The molecule has 30 heavy (non-hydrogen) atoms. The van der Waals surface area contributed by atoms with Gasteiger partial charge in [-0.15, -0.1) is 11.3 Å². The van der Waals surface area contributed by atoms with E-state index < -0.39 is 23.3 Å². The topological polar surface area (TPSA) is 24.7 Å². The summed E-state index contributed by atoms with van der Waals surface area (Å²) in [5, 5.41) is 0. The Morgan fingerprint density at radius 3 is 1.30 bits per heavy atom. The fourth-order valence-corrected chi connectivity index (χ4v) is 3.26. The first kappa shape index (κ1) is 24.6. The van der Waals surface area contributed by atoms with Crippen molar-refractivity contribution in [3.63, 3.8) is 0 Å². The number of halogens is 6. The number of benzene rings is 2. The summed E-state index contributed by atoms with van der Waals surface area (Å²) in [4.78, 5) is 9.39. The second-order valence-electron chi connectivity index (χ2n) is 5.75. The first-order valence-corrected chi connectivity index (χ1v) is 12.1.